The molecule has 102 valence electrons. The second-order valence-electron chi connectivity index (χ2n) is 4.26. The van der Waals surface area contributed by atoms with Crippen molar-refractivity contribution >= 4 is 11.3 Å². The van der Waals surface area contributed by atoms with Crippen LogP contribution >= 0.6 is 11.3 Å². The Hall–Kier alpha value is -2.11. The highest BCUT2D eigenvalue weighted by atomic mass is 32.1. The van der Waals surface area contributed by atoms with Crippen molar-refractivity contribution in [1.29, 1.82) is 0 Å². The highest BCUT2D eigenvalue weighted by Gasteiger charge is 2.08. The van der Waals surface area contributed by atoms with Crippen molar-refractivity contribution in [3.05, 3.63) is 59.3 Å². The summed E-state index contributed by atoms with van der Waals surface area (Å²) in [4.78, 5) is 5.42. The van der Waals surface area contributed by atoms with Gasteiger partial charge in [-0.25, -0.2) is 4.98 Å². The number of benzene rings is 1. The number of rotatable bonds is 5. The molecule has 2 aromatic heterocycles. The van der Waals surface area contributed by atoms with Crippen LogP contribution in [0.3, 0.4) is 0 Å². The van der Waals surface area contributed by atoms with Gasteiger partial charge in [0.2, 0.25) is 5.89 Å². The smallest absolute Gasteiger partial charge is 0.236 e. The third-order valence-corrected chi connectivity index (χ3v) is 3.66. The van der Waals surface area contributed by atoms with E-state index >= 15 is 0 Å². The van der Waals surface area contributed by atoms with Crippen LogP contribution in [0.1, 0.15) is 11.3 Å². The molecule has 4 nitrogen and oxygen atoms in total. The van der Waals surface area contributed by atoms with Gasteiger partial charge in [0.1, 0.15) is 24.3 Å². The van der Waals surface area contributed by atoms with Crippen molar-refractivity contribution in [3.8, 4) is 16.5 Å². The summed E-state index contributed by atoms with van der Waals surface area (Å²) in [7, 11) is 0. The van der Waals surface area contributed by atoms with Crippen LogP contribution in [0.25, 0.3) is 10.8 Å². The Kier molecular flexibility index (Phi) is 3.80. The Labute approximate surface area is 120 Å². The lowest BCUT2D eigenvalue weighted by molar-refractivity contribution is 0.300. The van der Waals surface area contributed by atoms with E-state index in [2.05, 4.69) is 4.98 Å². The zero-order valence-corrected chi connectivity index (χ0v) is 11.6. The average molecular weight is 286 g/mol. The van der Waals surface area contributed by atoms with E-state index in [1.165, 1.54) is 0 Å². The number of ether oxygens (including phenoxy) is 1. The number of hydrogen-bond donors (Lipinski definition) is 1. The molecule has 5 heteroatoms. The first-order valence-electron chi connectivity index (χ1n) is 6.25. The maximum absolute atomic E-state index is 5.69. The third-order valence-electron chi connectivity index (χ3n) is 2.80. The highest BCUT2D eigenvalue weighted by molar-refractivity contribution is 7.13. The summed E-state index contributed by atoms with van der Waals surface area (Å²) in [5, 5.41) is 1.99. The van der Waals surface area contributed by atoms with Gasteiger partial charge in [0, 0.05) is 6.54 Å². The van der Waals surface area contributed by atoms with Gasteiger partial charge in [0.25, 0.3) is 0 Å². The van der Waals surface area contributed by atoms with Crippen LogP contribution in [0.15, 0.2) is 52.5 Å². The van der Waals surface area contributed by atoms with E-state index in [1.807, 2.05) is 41.8 Å². The molecule has 3 aromatic rings. The van der Waals surface area contributed by atoms with Gasteiger partial charge in [0.15, 0.2) is 0 Å². The van der Waals surface area contributed by atoms with Crippen molar-refractivity contribution < 1.29 is 9.15 Å². The number of oxazole rings is 1. The monoisotopic (exact) mass is 286 g/mol. The summed E-state index contributed by atoms with van der Waals surface area (Å²) >= 11 is 1.60. The summed E-state index contributed by atoms with van der Waals surface area (Å²) in [6.45, 7) is 0.882. The minimum Gasteiger partial charge on any atom is -0.487 e. The minimum atomic E-state index is 0.378. The maximum atomic E-state index is 5.69. The van der Waals surface area contributed by atoms with Gasteiger partial charge in [-0.2, -0.15) is 0 Å². The topological polar surface area (TPSA) is 61.3 Å². The molecule has 0 saturated carbocycles. The van der Waals surface area contributed by atoms with E-state index < -0.39 is 0 Å². The Morgan fingerprint density at radius 2 is 2.20 bits per heavy atom. The van der Waals surface area contributed by atoms with Gasteiger partial charge in [0.05, 0.1) is 4.88 Å². The number of hydrogen-bond acceptors (Lipinski definition) is 5. The highest BCUT2D eigenvalue weighted by Crippen LogP contribution is 2.24. The molecule has 0 saturated heterocycles. The first-order valence-corrected chi connectivity index (χ1v) is 7.13. The molecule has 0 radical (unpaired) electrons. The van der Waals surface area contributed by atoms with Crippen LogP contribution in [0.5, 0.6) is 5.75 Å². The van der Waals surface area contributed by atoms with Gasteiger partial charge in [-0.15, -0.1) is 11.3 Å². The van der Waals surface area contributed by atoms with Crippen molar-refractivity contribution in [2.45, 2.75) is 13.2 Å². The molecule has 0 aliphatic carbocycles. The fraction of sp³-hybridized carbons (Fsp3) is 0.133. The molecule has 0 fully saturated rings. The lowest BCUT2D eigenvalue weighted by Crippen LogP contribution is -1.99. The van der Waals surface area contributed by atoms with E-state index in [4.69, 9.17) is 14.9 Å². The van der Waals surface area contributed by atoms with Gasteiger partial charge in [-0.1, -0.05) is 18.2 Å². The molecule has 0 atom stereocenters. The van der Waals surface area contributed by atoms with Crippen molar-refractivity contribution in [3.63, 3.8) is 0 Å². The molecule has 0 bridgehead atoms. The molecule has 1 aromatic carbocycles. The van der Waals surface area contributed by atoms with E-state index in [9.17, 15) is 0 Å². The van der Waals surface area contributed by atoms with Crippen LogP contribution in [0.2, 0.25) is 0 Å². The van der Waals surface area contributed by atoms with Crippen LogP contribution < -0.4 is 10.5 Å². The Bertz CT molecular complexity index is 677. The van der Waals surface area contributed by atoms with Crippen molar-refractivity contribution in [2.24, 2.45) is 5.73 Å². The average Bonchev–Trinajstić information content (AvgIpc) is 3.16. The van der Waals surface area contributed by atoms with Crippen LogP contribution in [0, 0.1) is 0 Å². The lowest BCUT2D eigenvalue weighted by Gasteiger charge is -2.05. The number of aromatic nitrogens is 1. The molecule has 0 aliphatic rings. The van der Waals surface area contributed by atoms with Crippen molar-refractivity contribution in [2.75, 3.05) is 0 Å². The summed E-state index contributed by atoms with van der Waals surface area (Å²) in [5.74, 6) is 1.42. The molecule has 0 aliphatic heterocycles. The van der Waals surface area contributed by atoms with E-state index in [0.29, 0.717) is 19.0 Å². The van der Waals surface area contributed by atoms with E-state index in [1.54, 1.807) is 17.6 Å². The van der Waals surface area contributed by atoms with E-state index in [-0.39, 0.29) is 0 Å². The lowest BCUT2D eigenvalue weighted by atomic mass is 10.2. The number of thiophene rings is 1. The zero-order valence-electron chi connectivity index (χ0n) is 10.8. The molecular weight excluding hydrogens is 272 g/mol. The predicted octanol–water partition coefficient (Wildman–Crippen LogP) is 3.44. The predicted molar refractivity (Wildman–Crippen MR) is 78.5 cm³/mol. The Morgan fingerprint density at radius 3 is 3.00 bits per heavy atom. The van der Waals surface area contributed by atoms with Gasteiger partial charge < -0.3 is 14.9 Å². The van der Waals surface area contributed by atoms with Gasteiger partial charge in [-0.05, 0) is 29.1 Å². The van der Waals surface area contributed by atoms with Gasteiger partial charge in [-0.3, -0.25) is 0 Å². The van der Waals surface area contributed by atoms with Crippen LogP contribution in [-0.4, -0.2) is 4.98 Å². The Morgan fingerprint density at radius 1 is 1.25 bits per heavy atom. The van der Waals surface area contributed by atoms with Crippen molar-refractivity contribution in [1.82, 2.24) is 4.98 Å². The second kappa shape index (κ2) is 5.90. The molecule has 0 spiro atoms. The SMILES string of the molecule is NCc1cccc(OCc2coc(-c3cccs3)n2)c1. The summed E-state index contributed by atoms with van der Waals surface area (Å²) in [6.07, 6.45) is 1.63. The molecule has 2 N–H and O–H groups in total. The number of nitrogens with zero attached hydrogens (tertiary/aromatic N) is 1. The maximum Gasteiger partial charge on any atom is 0.236 e. The van der Waals surface area contributed by atoms with E-state index in [0.717, 1.165) is 21.9 Å². The van der Waals surface area contributed by atoms with Gasteiger partial charge >= 0.3 is 0 Å². The first-order chi connectivity index (χ1) is 9.85. The largest absolute Gasteiger partial charge is 0.487 e. The molecule has 3 rings (SSSR count). The van der Waals surface area contributed by atoms with Crippen LogP contribution in [-0.2, 0) is 13.2 Å². The summed E-state index contributed by atoms with van der Waals surface area (Å²) in [6, 6.07) is 11.7. The Balaban J connectivity index is 1.66. The molecule has 2 heterocycles. The van der Waals surface area contributed by atoms with Crippen LogP contribution in [0.4, 0.5) is 0 Å². The summed E-state index contributed by atoms with van der Waals surface area (Å²) in [5.41, 5.74) is 7.42. The molecule has 0 unspecified atom stereocenters. The quantitative estimate of drug-likeness (QED) is 0.780. The normalized spacial score (nSPS) is 10.7. The first kappa shape index (κ1) is 12.9. The second-order valence-corrected chi connectivity index (χ2v) is 5.21. The fourth-order valence-corrected chi connectivity index (χ4v) is 2.46. The standard InChI is InChI=1S/C15H14N2O2S/c16-8-11-3-1-4-13(7-11)18-9-12-10-19-15(17-12)14-5-2-6-20-14/h1-7,10H,8-9,16H2. The zero-order chi connectivity index (χ0) is 13.8. The third kappa shape index (κ3) is 2.89. The fourth-order valence-electron chi connectivity index (χ4n) is 1.81. The summed E-state index contributed by atoms with van der Waals surface area (Å²) < 4.78 is 11.1. The number of nitrogens with two attached hydrogens (primary N) is 1. The molecule has 0 amide bonds. The minimum absolute atomic E-state index is 0.378. The molecule has 20 heavy (non-hydrogen) atoms. The molecular formula is C15H14N2O2S.